The highest BCUT2D eigenvalue weighted by atomic mass is 16.3. The molecule has 0 saturated carbocycles. The Balaban J connectivity index is 2.78. The third kappa shape index (κ3) is 4.24. The van der Waals surface area contributed by atoms with Crippen LogP contribution in [-0.2, 0) is 0 Å². The zero-order valence-corrected chi connectivity index (χ0v) is 12.1. The van der Waals surface area contributed by atoms with E-state index in [4.69, 9.17) is 5.11 Å². The van der Waals surface area contributed by atoms with Gasteiger partial charge < -0.3 is 14.9 Å². The molecule has 106 valence electrons. The zero-order valence-electron chi connectivity index (χ0n) is 12.1. The average Bonchev–Trinajstić information content (AvgIpc) is 2.44. The Labute approximate surface area is 115 Å². The number of benzene rings is 1. The Morgan fingerprint density at radius 2 is 1.79 bits per heavy atom. The second-order valence-corrected chi connectivity index (χ2v) is 4.58. The largest absolute Gasteiger partial charge is 0.395 e. The number of aliphatic hydroxyl groups is 1. The first-order valence-electron chi connectivity index (χ1n) is 6.85. The Morgan fingerprint density at radius 1 is 1.16 bits per heavy atom. The molecule has 1 amide bonds. The fraction of sp³-hybridized carbons (Fsp3) is 0.533. The van der Waals surface area contributed by atoms with Gasteiger partial charge in [0.25, 0.3) is 5.91 Å². The number of carbonyl (C=O) groups is 1. The number of rotatable bonds is 7. The fourth-order valence-electron chi connectivity index (χ4n) is 2.03. The number of amides is 1. The summed E-state index contributed by atoms with van der Waals surface area (Å²) in [4.78, 5) is 15.8. The van der Waals surface area contributed by atoms with Crippen LogP contribution in [0.5, 0.6) is 0 Å². The van der Waals surface area contributed by atoms with Gasteiger partial charge in [0, 0.05) is 37.9 Å². The van der Waals surface area contributed by atoms with E-state index in [9.17, 15) is 4.79 Å². The number of nitrogens with zero attached hydrogens (tertiary/aromatic N) is 2. The minimum atomic E-state index is -0.0564. The average molecular weight is 264 g/mol. The van der Waals surface area contributed by atoms with Gasteiger partial charge in [0.2, 0.25) is 0 Å². The highest BCUT2D eigenvalue weighted by Gasteiger charge is 2.11. The van der Waals surface area contributed by atoms with Gasteiger partial charge in [-0.3, -0.25) is 4.79 Å². The fourth-order valence-corrected chi connectivity index (χ4v) is 2.03. The molecule has 1 aromatic rings. The van der Waals surface area contributed by atoms with E-state index in [1.54, 1.807) is 7.05 Å². The molecule has 0 aromatic heterocycles. The lowest BCUT2D eigenvalue weighted by Gasteiger charge is -2.23. The van der Waals surface area contributed by atoms with E-state index in [1.807, 2.05) is 24.3 Å². The quantitative estimate of drug-likeness (QED) is 0.819. The van der Waals surface area contributed by atoms with Crippen molar-refractivity contribution in [2.75, 3.05) is 38.2 Å². The van der Waals surface area contributed by atoms with Crippen molar-refractivity contribution in [3.8, 4) is 0 Å². The summed E-state index contributed by atoms with van der Waals surface area (Å²) in [6.07, 6.45) is 1.10. The molecule has 1 N–H and O–H groups in total. The molecule has 0 saturated heterocycles. The van der Waals surface area contributed by atoms with Crippen molar-refractivity contribution in [2.24, 2.45) is 0 Å². The molecule has 0 aliphatic heterocycles. The van der Waals surface area contributed by atoms with E-state index in [0.717, 1.165) is 25.2 Å². The molecule has 1 aromatic carbocycles. The molecule has 0 bridgehead atoms. The van der Waals surface area contributed by atoms with E-state index in [-0.39, 0.29) is 12.5 Å². The molecule has 4 nitrogen and oxygen atoms in total. The van der Waals surface area contributed by atoms with E-state index in [0.29, 0.717) is 12.1 Å². The van der Waals surface area contributed by atoms with Gasteiger partial charge in [-0.25, -0.2) is 0 Å². The van der Waals surface area contributed by atoms with Crippen LogP contribution in [0.3, 0.4) is 0 Å². The van der Waals surface area contributed by atoms with Crippen molar-refractivity contribution >= 4 is 11.6 Å². The maximum atomic E-state index is 12.0. The van der Waals surface area contributed by atoms with Gasteiger partial charge in [0.15, 0.2) is 0 Å². The highest BCUT2D eigenvalue weighted by Crippen LogP contribution is 2.16. The third-order valence-corrected chi connectivity index (χ3v) is 3.14. The van der Waals surface area contributed by atoms with E-state index >= 15 is 0 Å². The molecular formula is C15H24N2O2. The van der Waals surface area contributed by atoms with Crippen molar-refractivity contribution in [3.05, 3.63) is 29.8 Å². The molecular weight excluding hydrogens is 240 g/mol. The standard InChI is InChI=1S/C15H24N2O2/c1-4-10-17(5-2)14-8-6-13(7-9-14)15(19)16(3)11-12-18/h6-9,18H,4-5,10-12H2,1-3H3. The van der Waals surface area contributed by atoms with Crippen LogP contribution in [-0.4, -0.2) is 49.2 Å². The van der Waals surface area contributed by atoms with Gasteiger partial charge >= 0.3 is 0 Å². The zero-order chi connectivity index (χ0) is 14.3. The van der Waals surface area contributed by atoms with Crippen molar-refractivity contribution in [3.63, 3.8) is 0 Å². The summed E-state index contributed by atoms with van der Waals surface area (Å²) in [7, 11) is 1.70. The molecule has 1 rings (SSSR count). The smallest absolute Gasteiger partial charge is 0.253 e. The van der Waals surface area contributed by atoms with Crippen molar-refractivity contribution in [1.29, 1.82) is 0 Å². The van der Waals surface area contributed by atoms with E-state index < -0.39 is 0 Å². The van der Waals surface area contributed by atoms with Crippen molar-refractivity contribution < 1.29 is 9.90 Å². The molecule has 0 radical (unpaired) electrons. The SMILES string of the molecule is CCCN(CC)c1ccc(C(=O)N(C)CCO)cc1. The van der Waals surface area contributed by atoms with Crippen LogP contribution in [0.2, 0.25) is 0 Å². The molecule has 0 atom stereocenters. The number of anilines is 1. The normalized spacial score (nSPS) is 10.3. The van der Waals surface area contributed by atoms with Crippen LogP contribution in [0.15, 0.2) is 24.3 Å². The summed E-state index contributed by atoms with van der Waals surface area (Å²) in [6, 6.07) is 7.67. The summed E-state index contributed by atoms with van der Waals surface area (Å²) < 4.78 is 0. The van der Waals surface area contributed by atoms with Crippen LogP contribution in [0.25, 0.3) is 0 Å². The summed E-state index contributed by atoms with van der Waals surface area (Å²) in [5.74, 6) is -0.0564. The molecule has 0 spiro atoms. The lowest BCUT2D eigenvalue weighted by atomic mass is 10.1. The second-order valence-electron chi connectivity index (χ2n) is 4.58. The van der Waals surface area contributed by atoms with Crippen LogP contribution in [0.4, 0.5) is 5.69 Å². The van der Waals surface area contributed by atoms with Crippen LogP contribution >= 0.6 is 0 Å². The maximum absolute atomic E-state index is 12.0. The highest BCUT2D eigenvalue weighted by molar-refractivity contribution is 5.94. The summed E-state index contributed by atoms with van der Waals surface area (Å²) in [5.41, 5.74) is 1.80. The topological polar surface area (TPSA) is 43.8 Å². The number of likely N-dealkylation sites (N-methyl/N-ethyl adjacent to an activating group) is 1. The van der Waals surface area contributed by atoms with Crippen molar-refractivity contribution in [1.82, 2.24) is 4.90 Å². The van der Waals surface area contributed by atoms with Gasteiger partial charge in [0.05, 0.1) is 6.61 Å². The van der Waals surface area contributed by atoms with Crippen LogP contribution in [0.1, 0.15) is 30.6 Å². The van der Waals surface area contributed by atoms with E-state index in [2.05, 4.69) is 18.7 Å². The van der Waals surface area contributed by atoms with Crippen LogP contribution in [0, 0.1) is 0 Å². The summed E-state index contributed by atoms with van der Waals surface area (Å²) in [5, 5.41) is 8.84. The summed E-state index contributed by atoms with van der Waals surface area (Å²) >= 11 is 0. The van der Waals surface area contributed by atoms with Gasteiger partial charge in [-0.1, -0.05) is 6.92 Å². The first kappa shape index (κ1) is 15.5. The monoisotopic (exact) mass is 264 g/mol. The number of hydrogen-bond donors (Lipinski definition) is 1. The second kappa shape index (κ2) is 7.79. The predicted octanol–water partition coefficient (Wildman–Crippen LogP) is 1.99. The van der Waals surface area contributed by atoms with Gasteiger partial charge in [-0.05, 0) is 37.6 Å². The Morgan fingerprint density at radius 3 is 2.26 bits per heavy atom. The minimum absolute atomic E-state index is 0.0135. The van der Waals surface area contributed by atoms with Crippen LogP contribution < -0.4 is 4.90 Å². The molecule has 4 heteroatoms. The first-order chi connectivity index (χ1) is 9.13. The van der Waals surface area contributed by atoms with Crippen molar-refractivity contribution in [2.45, 2.75) is 20.3 Å². The molecule has 0 aliphatic carbocycles. The van der Waals surface area contributed by atoms with Gasteiger partial charge in [0.1, 0.15) is 0 Å². The maximum Gasteiger partial charge on any atom is 0.253 e. The molecule has 0 aliphatic rings. The Bertz CT molecular complexity index is 390. The number of aliphatic hydroxyl groups excluding tert-OH is 1. The lowest BCUT2D eigenvalue weighted by molar-refractivity contribution is 0.0767. The predicted molar refractivity (Wildman–Crippen MR) is 78.7 cm³/mol. The van der Waals surface area contributed by atoms with Gasteiger partial charge in [-0.15, -0.1) is 0 Å². The van der Waals surface area contributed by atoms with E-state index in [1.165, 1.54) is 4.90 Å². The molecule has 19 heavy (non-hydrogen) atoms. The Kier molecular flexibility index (Phi) is 6.36. The van der Waals surface area contributed by atoms with Gasteiger partial charge in [-0.2, -0.15) is 0 Å². The molecule has 0 heterocycles. The number of carbonyl (C=O) groups excluding carboxylic acids is 1. The molecule has 0 fully saturated rings. The first-order valence-corrected chi connectivity index (χ1v) is 6.85. The minimum Gasteiger partial charge on any atom is -0.395 e. The lowest BCUT2D eigenvalue weighted by Crippen LogP contribution is -2.29. The number of hydrogen-bond acceptors (Lipinski definition) is 3. The third-order valence-electron chi connectivity index (χ3n) is 3.14. The Hall–Kier alpha value is -1.55. The summed E-state index contributed by atoms with van der Waals surface area (Å²) in [6.45, 7) is 6.62. The molecule has 0 unspecified atom stereocenters.